The van der Waals surface area contributed by atoms with Crippen LogP contribution in [0.2, 0.25) is 10.0 Å². The number of carbonyl (C=O) groups excluding carboxylic acids is 1. The minimum atomic E-state index is -5.08. The molecule has 1 heterocycles. The zero-order chi connectivity index (χ0) is 22.6. The van der Waals surface area contributed by atoms with Crippen molar-refractivity contribution in [2.24, 2.45) is 0 Å². The van der Waals surface area contributed by atoms with Gasteiger partial charge >= 0.3 is 18.1 Å². The van der Waals surface area contributed by atoms with Gasteiger partial charge in [-0.2, -0.15) is 13.2 Å². The molecule has 3 aromatic rings. The minimum Gasteiger partial charge on any atom is -0.475 e. The number of aliphatic carboxylic acids is 1. The van der Waals surface area contributed by atoms with Crippen LogP contribution in [0.4, 0.5) is 13.2 Å². The number of carboxylic acids is 1. The van der Waals surface area contributed by atoms with Crippen LogP contribution in [0.5, 0.6) is 0 Å². The topological polar surface area (TPSA) is 76.7 Å². The number of hydrogen-bond donors (Lipinski definition) is 1. The van der Waals surface area contributed by atoms with E-state index in [1.165, 1.54) is 7.11 Å². The van der Waals surface area contributed by atoms with Crippen LogP contribution in [-0.4, -0.2) is 30.3 Å². The average molecular weight is 463 g/mol. The molecular formula is C20H15Cl2F3O5. The number of carbonyl (C=O) groups is 2. The molecule has 160 valence electrons. The first-order valence-corrected chi connectivity index (χ1v) is 9.04. The number of aryl methyl sites for hydroxylation is 1. The number of halogens is 5. The van der Waals surface area contributed by atoms with E-state index in [9.17, 15) is 18.0 Å². The van der Waals surface area contributed by atoms with Crippen LogP contribution in [0, 0.1) is 6.92 Å². The maximum atomic E-state index is 11.7. The molecule has 0 unspecified atom stereocenters. The summed E-state index contributed by atoms with van der Waals surface area (Å²) in [5.41, 5.74) is 3.17. The Bertz CT molecular complexity index is 1090. The third-order valence-electron chi connectivity index (χ3n) is 4.04. The number of ether oxygens (including phenoxy) is 1. The van der Waals surface area contributed by atoms with Crippen molar-refractivity contribution >= 4 is 46.1 Å². The fourth-order valence-electron chi connectivity index (χ4n) is 2.59. The van der Waals surface area contributed by atoms with Gasteiger partial charge in [-0.25, -0.2) is 9.59 Å². The van der Waals surface area contributed by atoms with Crippen molar-refractivity contribution in [1.82, 2.24) is 0 Å². The lowest BCUT2D eigenvalue weighted by atomic mass is 10.0. The highest BCUT2D eigenvalue weighted by atomic mass is 35.5. The second-order valence-electron chi connectivity index (χ2n) is 6.05. The Kier molecular flexibility index (Phi) is 7.39. The highest BCUT2D eigenvalue weighted by Gasteiger charge is 2.38. The highest BCUT2D eigenvalue weighted by molar-refractivity contribution is 6.35. The Balaban J connectivity index is 0.000000396. The predicted molar refractivity (Wildman–Crippen MR) is 105 cm³/mol. The third-order valence-corrected chi connectivity index (χ3v) is 4.63. The fraction of sp³-hybridized carbons (Fsp3) is 0.200. The van der Waals surface area contributed by atoms with Crippen LogP contribution < -0.4 is 0 Å². The summed E-state index contributed by atoms with van der Waals surface area (Å²) in [6, 6.07) is 10.7. The molecule has 0 saturated heterocycles. The van der Waals surface area contributed by atoms with E-state index in [1.54, 1.807) is 30.3 Å². The molecular weight excluding hydrogens is 448 g/mol. The van der Waals surface area contributed by atoms with Crippen LogP contribution in [0.1, 0.15) is 27.2 Å². The molecule has 0 amide bonds. The summed E-state index contributed by atoms with van der Waals surface area (Å²) in [7, 11) is 1.36. The molecule has 10 heteroatoms. The largest absolute Gasteiger partial charge is 0.490 e. The summed E-state index contributed by atoms with van der Waals surface area (Å²) in [6.07, 6.45) is -4.49. The van der Waals surface area contributed by atoms with Crippen LogP contribution in [0.15, 0.2) is 40.8 Å². The van der Waals surface area contributed by atoms with Crippen LogP contribution >= 0.6 is 23.2 Å². The van der Waals surface area contributed by atoms with Crippen molar-refractivity contribution in [3.8, 4) is 0 Å². The minimum absolute atomic E-state index is 0.374. The van der Waals surface area contributed by atoms with E-state index in [1.807, 2.05) is 13.0 Å². The first-order valence-electron chi connectivity index (χ1n) is 8.28. The van der Waals surface area contributed by atoms with E-state index in [2.05, 4.69) is 0 Å². The molecule has 0 fully saturated rings. The number of benzene rings is 2. The van der Waals surface area contributed by atoms with Gasteiger partial charge in [0.1, 0.15) is 11.3 Å². The van der Waals surface area contributed by atoms with Gasteiger partial charge in [-0.1, -0.05) is 29.3 Å². The molecule has 2 aromatic carbocycles. The molecule has 5 nitrogen and oxygen atoms in total. The van der Waals surface area contributed by atoms with Gasteiger partial charge < -0.3 is 14.3 Å². The predicted octanol–water partition coefficient (Wildman–Crippen LogP) is 6.06. The first kappa shape index (κ1) is 23.6. The lowest BCUT2D eigenvalue weighted by Gasteiger charge is -2.05. The van der Waals surface area contributed by atoms with Gasteiger partial charge in [0.05, 0.1) is 12.7 Å². The van der Waals surface area contributed by atoms with Crippen molar-refractivity contribution in [1.29, 1.82) is 0 Å². The van der Waals surface area contributed by atoms with E-state index in [0.29, 0.717) is 22.0 Å². The van der Waals surface area contributed by atoms with Crippen LogP contribution in [0.3, 0.4) is 0 Å². The lowest BCUT2D eigenvalue weighted by Crippen LogP contribution is -2.21. The van der Waals surface area contributed by atoms with Gasteiger partial charge in [-0.05, 0) is 42.8 Å². The first-order chi connectivity index (χ1) is 13.9. The molecule has 1 N–H and O–H groups in total. The standard InChI is InChI=1S/C18H14Cl2O3.C2HF3O2/c1-10-14(7-11-3-5-13(19)9-16(11)20)15-8-12(18(21)22-2)4-6-17(15)23-10;3-2(4,5)1(6)7/h3-6,8-9H,7H2,1-2H3;(H,6,7). The van der Waals surface area contributed by atoms with E-state index in [-0.39, 0.29) is 5.97 Å². The molecule has 30 heavy (non-hydrogen) atoms. The Labute approximate surface area is 178 Å². The Morgan fingerprint density at radius 3 is 2.30 bits per heavy atom. The molecule has 0 saturated carbocycles. The summed E-state index contributed by atoms with van der Waals surface area (Å²) >= 11 is 12.2. The number of hydrogen-bond acceptors (Lipinski definition) is 4. The molecule has 1 aromatic heterocycles. The van der Waals surface area contributed by atoms with Crippen molar-refractivity contribution in [3.05, 3.63) is 68.9 Å². The van der Waals surface area contributed by atoms with Crippen LogP contribution in [-0.2, 0) is 16.0 Å². The highest BCUT2D eigenvalue weighted by Crippen LogP contribution is 2.31. The number of furan rings is 1. The Morgan fingerprint density at radius 2 is 1.77 bits per heavy atom. The molecule has 0 radical (unpaired) electrons. The number of carboxylic acid groups (broad SMARTS) is 1. The third kappa shape index (κ3) is 5.67. The van der Waals surface area contributed by atoms with E-state index >= 15 is 0 Å². The quantitative estimate of drug-likeness (QED) is 0.478. The number of alkyl halides is 3. The second-order valence-corrected chi connectivity index (χ2v) is 6.90. The summed E-state index contributed by atoms with van der Waals surface area (Å²) < 4.78 is 42.3. The number of methoxy groups -OCH3 is 1. The van der Waals surface area contributed by atoms with Gasteiger partial charge in [0.15, 0.2) is 0 Å². The molecule has 0 aliphatic rings. The van der Waals surface area contributed by atoms with E-state index < -0.39 is 12.1 Å². The lowest BCUT2D eigenvalue weighted by molar-refractivity contribution is -0.192. The Hall–Kier alpha value is -2.71. The summed E-state index contributed by atoms with van der Waals surface area (Å²) in [4.78, 5) is 20.6. The maximum Gasteiger partial charge on any atom is 0.490 e. The molecule has 0 bridgehead atoms. The normalized spacial score (nSPS) is 11.0. The fourth-order valence-corrected chi connectivity index (χ4v) is 3.07. The number of rotatable bonds is 3. The summed E-state index contributed by atoms with van der Waals surface area (Å²) in [5, 5.41) is 9.22. The zero-order valence-corrected chi connectivity index (χ0v) is 17.2. The smallest absolute Gasteiger partial charge is 0.475 e. The van der Waals surface area contributed by atoms with Crippen LogP contribution in [0.25, 0.3) is 11.0 Å². The summed E-state index contributed by atoms with van der Waals surface area (Å²) in [5.74, 6) is -2.33. The van der Waals surface area contributed by atoms with Crippen molar-refractivity contribution in [2.75, 3.05) is 7.11 Å². The second kappa shape index (κ2) is 9.40. The van der Waals surface area contributed by atoms with Gasteiger partial charge in [0.2, 0.25) is 0 Å². The Morgan fingerprint density at radius 1 is 1.13 bits per heavy atom. The summed E-state index contributed by atoms with van der Waals surface area (Å²) in [6.45, 7) is 1.90. The molecule has 0 atom stereocenters. The van der Waals surface area contributed by atoms with Crippen molar-refractivity contribution in [3.63, 3.8) is 0 Å². The van der Waals surface area contributed by atoms with Gasteiger partial charge in [0.25, 0.3) is 0 Å². The van der Waals surface area contributed by atoms with Crippen molar-refractivity contribution < 1.29 is 37.0 Å². The maximum absolute atomic E-state index is 11.7. The van der Waals surface area contributed by atoms with E-state index in [0.717, 1.165) is 27.9 Å². The molecule has 0 spiro atoms. The average Bonchev–Trinajstić information content (AvgIpc) is 2.97. The van der Waals surface area contributed by atoms with Gasteiger partial charge in [-0.3, -0.25) is 0 Å². The monoisotopic (exact) mass is 462 g/mol. The van der Waals surface area contributed by atoms with Crippen molar-refractivity contribution in [2.45, 2.75) is 19.5 Å². The van der Waals surface area contributed by atoms with Gasteiger partial charge in [0, 0.05) is 27.4 Å². The van der Waals surface area contributed by atoms with Gasteiger partial charge in [-0.15, -0.1) is 0 Å². The zero-order valence-electron chi connectivity index (χ0n) is 15.6. The number of esters is 1. The van der Waals surface area contributed by atoms with E-state index in [4.69, 9.17) is 42.3 Å². The molecule has 3 rings (SSSR count). The molecule has 0 aliphatic carbocycles. The molecule has 0 aliphatic heterocycles. The SMILES string of the molecule is COC(=O)c1ccc2oc(C)c(Cc3ccc(Cl)cc3Cl)c2c1.O=C(O)C(F)(F)F. The number of fused-ring (bicyclic) bond motifs is 1.